The van der Waals surface area contributed by atoms with Gasteiger partial charge in [0, 0.05) is 19.1 Å². The molecule has 3 nitrogen and oxygen atoms in total. The van der Waals surface area contributed by atoms with Crippen LogP contribution >= 0.6 is 0 Å². The summed E-state index contributed by atoms with van der Waals surface area (Å²) in [6.45, 7) is 2.17. The van der Waals surface area contributed by atoms with E-state index in [9.17, 15) is 4.79 Å². The van der Waals surface area contributed by atoms with Crippen molar-refractivity contribution < 1.29 is 9.90 Å². The molecule has 1 aliphatic rings. The third kappa shape index (κ3) is 3.35. The maximum Gasteiger partial charge on any atom is 0.219 e. The molecule has 0 radical (unpaired) electrons. The van der Waals surface area contributed by atoms with Gasteiger partial charge in [-0.05, 0) is 31.6 Å². The van der Waals surface area contributed by atoms with E-state index in [2.05, 4.69) is 5.32 Å². The Balaban J connectivity index is 2.21. The monoisotopic (exact) mass is 185 g/mol. The zero-order valence-electron chi connectivity index (χ0n) is 8.25. The number of aliphatic hydroxyl groups excluding tert-OH is 1. The SMILES string of the molecule is CCC(=O)NC1CCC(CO)CC1. The Kier molecular flexibility index (Phi) is 4.22. The zero-order valence-corrected chi connectivity index (χ0v) is 8.25. The molecular formula is C10H19NO2. The summed E-state index contributed by atoms with van der Waals surface area (Å²) in [6.07, 6.45) is 4.71. The lowest BCUT2D eigenvalue weighted by molar-refractivity contribution is -0.121. The Morgan fingerprint density at radius 2 is 2.00 bits per heavy atom. The van der Waals surface area contributed by atoms with Crippen LogP contribution in [-0.2, 0) is 4.79 Å². The zero-order chi connectivity index (χ0) is 9.68. The lowest BCUT2D eigenvalue weighted by atomic mass is 9.86. The summed E-state index contributed by atoms with van der Waals surface area (Å²) in [4.78, 5) is 11.1. The van der Waals surface area contributed by atoms with Crippen LogP contribution < -0.4 is 5.32 Å². The van der Waals surface area contributed by atoms with Crippen LogP contribution in [0.3, 0.4) is 0 Å². The van der Waals surface area contributed by atoms with Crippen LogP contribution in [0.1, 0.15) is 39.0 Å². The van der Waals surface area contributed by atoms with Crippen molar-refractivity contribution in [1.82, 2.24) is 5.32 Å². The van der Waals surface area contributed by atoms with Gasteiger partial charge in [-0.3, -0.25) is 4.79 Å². The van der Waals surface area contributed by atoms with Gasteiger partial charge in [-0.15, -0.1) is 0 Å². The smallest absolute Gasteiger partial charge is 0.219 e. The van der Waals surface area contributed by atoms with Gasteiger partial charge >= 0.3 is 0 Å². The maximum absolute atomic E-state index is 11.1. The molecule has 3 heteroatoms. The van der Waals surface area contributed by atoms with E-state index in [0.717, 1.165) is 25.7 Å². The second-order valence-electron chi connectivity index (χ2n) is 3.82. The average molecular weight is 185 g/mol. The normalized spacial score (nSPS) is 28.5. The third-order valence-corrected chi connectivity index (χ3v) is 2.79. The molecule has 0 aromatic carbocycles. The molecule has 2 N–H and O–H groups in total. The number of carbonyl (C=O) groups is 1. The molecule has 0 saturated heterocycles. The fourth-order valence-electron chi connectivity index (χ4n) is 1.82. The Morgan fingerprint density at radius 1 is 1.38 bits per heavy atom. The van der Waals surface area contributed by atoms with Gasteiger partial charge in [0.2, 0.25) is 5.91 Å². The van der Waals surface area contributed by atoms with Gasteiger partial charge in [-0.25, -0.2) is 0 Å². The van der Waals surface area contributed by atoms with Gasteiger partial charge in [-0.1, -0.05) is 6.92 Å². The first-order chi connectivity index (χ1) is 6.26. The molecule has 1 fully saturated rings. The Bertz CT molecular complexity index is 162. The summed E-state index contributed by atoms with van der Waals surface area (Å²) in [5.74, 6) is 0.613. The van der Waals surface area contributed by atoms with Crippen molar-refractivity contribution in [2.75, 3.05) is 6.61 Å². The summed E-state index contributed by atoms with van der Waals surface area (Å²) in [6, 6.07) is 0.357. The van der Waals surface area contributed by atoms with Crippen LogP contribution in [0.2, 0.25) is 0 Å². The van der Waals surface area contributed by atoms with E-state index in [1.807, 2.05) is 6.92 Å². The van der Waals surface area contributed by atoms with E-state index in [0.29, 0.717) is 25.0 Å². The largest absolute Gasteiger partial charge is 0.396 e. The number of hydrogen-bond acceptors (Lipinski definition) is 2. The fraction of sp³-hybridized carbons (Fsp3) is 0.900. The highest BCUT2D eigenvalue weighted by Gasteiger charge is 2.20. The van der Waals surface area contributed by atoms with Gasteiger partial charge in [-0.2, -0.15) is 0 Å². The van der Waals surface area contributed by atoms with Gasteiger partial charge < -0.3 is 10.4 Å². The third-order valence-electron chi connectivity index (χ3n) is 2.79. The van der Waals surface area contributed by atoms with Crippen molar-refractivity contribution in [2.24, 2.45) is 5.92 Å². The number of nitrogens with one attached hydrogen (secondary N) is 1. The van der Waals surface area contributed by atoms with Gasteiger partial charge in [0.05, 0.1) is 0 Å². The van der Waals surface area contributed by atoms with Crippen molar-refractivity contribution in [2.45, 2.75) is 45.1 Å². The molecule has 0 spiro atoms. The number of rotatable bonds is 3. The minimum absolute atomic E-state index is 0.146. The van der Waals surface area contributed by atoms with Crippen LogP contribution in [-0.4, -0.2) is 23.7 Å². The van der Waals surface area contributed by atoms with E-state index in [-0.39, 0.29) is 5.91 Å². The van der Waals surface area contributed by atoms with Crippen molar-refractivity contribution in [1.29, 1.82) is 0 Å². The van der Waals surface area contributed by atoms with Gasteiger partial charge in [0.1, 0.15) is 0 Å². The molecule has 0 bridgehead atoms. The second kappa shape index (κ2) is 5.22. The number of hydrogen-bond donors (Lipinski definition) is 2. The molecule has 13 heavy (non-hydrogen) atoms. The molecule has 0 aliphatic heterocycles. The molecule has 1 aliphatic carbocycles. The van der Waals surface area contributed by atoms with Crippen molar-refractivity contribution >= 4 is 5.91 Å². The highest BCUT2D eigenvalue weighted by molar-refractivity contribution is 5.75. The highest BCUT2D eigenvalue weighted by atomic mass is 16.3. The van der Waals surface area contributed by atoms with Crippen molar-refractivity contribution in [3.8, 4) is 0 Å². The van der Waals surface area contributed by atoms with E-state index in [1.54, 1.807) is 0 Å². The van der Waals surface area contributed by atoms with E-state index < -0.39 is 0 Å². The molecule has 0 heterocycles. The maximum atomic E-state index is 11.1. The second-order valence-corrected chi connectivity index (χ2v) is 3.82. The molecule has 0 aromatic rings. The van der Waals surface area contributed by atoms with Gasteiger partial charge in [0.25, 0.3) is 0 Å². The first kappa shape index (κ1) is 10.5. The average Bonchev–Trinajstić information content (AvgIpc) is 2.19. The van der Waals surface area contributed by atoms with E-state index in [1.165, 1.54) is 0 Å². The summed E-state index contributed by atoms with van der Waals surface area (Å²) in [5.41, 5.74) is 0. The number of aliphatic hydroxyl groups is 1. The van der Waals surface area contributed by atoms with Crippen molar-refractivity contribution in [3.05, 3.63) is 0 Å². The van der Waals surface area contributed by atoms with Crippen LogP contribution in [0.4, 0.5) is 0 Å². The van der Waals surface area contributed by atoms with Crippen LogP contribution in [0, 0.1) is 5.92 Å². The Hall–Kier alpha value is -0.570. The Labute approximate surface area is 79.5 Å². The highest BCUT2D eigenvalue weighted by Crippen LogP contribution is 2.23. The standard InChI is InChI=1S/C10H19NO2/c1-2-10(13)11-9-5-3-8(7-12)4-6-9/h8-9,12H,2-7H2,1H3,(H,11,13). The van der Waals surface area contributed by atoms with Crippen molar-refractivity contribution in [3.63, 3.8) is 0 Å². The molecule has 1 rings (SSSR count). The molecular weight excluding hydrogens is 166 g/mol. The molecule has 0 atom stereocenters. The lowest BCUT2D eigenvalue weighted by Crippen LogP contribution is -2.37. The molecule has 76 valence electrons. The molecule has 1 amide bonds. The van der Waals surface area contributed by atoms with Crippen LogP contribution in [0.15, 0.2) is 0 Å². The first-order valence-electron chi connectivity index (χ1n) is 5.16. The summed E-state index contributed by atoms with van der Waals surface area (Å²) >= 11 is 0. The van der Waals surface area contributed by atoms with Crippen LogP contribution in [0.25, 0.3) is 0 Å². The molecule has 0 aromatic heterocycles. The summed E-state index contributed by atoms with van der Waals surface area (Å²) in [7, 11) is 0. The fourth-order valence-corrected chi connectivity index (χ4v) is 1.82. The molecule has 1 saturated carbocycles. The number of amides is 1. The first-order valence-corrected chi connectivity index (χ1v) is 5.16. The summed E-state index contributed by atoms with van der Waals surface area (Å²) in [5, 5.41) is 11.9. The minimum atomic E-state index is 0.146. The predicted molar refractivity (Wildman–Crippen MR) is 51.3 cm³/mol. The van der Waals surface area contributed by atoms with Gasteiger partial charge in [0.15, 0.2) is 0 Å². The quantitative estimate of drug-likeness (QED) is 0.691. The topological polar surface area (TPSA) is 49.3 Å². The number of carbonyl (C=O) groups excluding carboxylic acids is 1. The van der Waals surface area contributed by atoms with E-state index in [4.69, 9.17) is 5.11 Å². The Morgan fingerprint density at radius 3 is 2.46 bits per heavy atom. The minimum Gasteiger partial charge on any atom is -0.396 e. The lowest BCUT2D eigenvalue weighted by Gasteiger charge is -2.27. The predicted octanol–water partition coefficient (Wildman–Crippen LogP) is 1.06. The van der Waals surface area contributed by atoms with E-state index >= 15 is 0 Å². The van der Waals surface area contributed by atoms with Crippen LogP contribution in [0.5, 0.6) is 0 Å². The molecule has 0 unspecified atom stereocenters. The summed E-state index contributed by atoms with van der Waals surface area (Å²) < 4.78 is 0.